The van der Waals surface area contributed by atoms with Gasteiger partial charge in [-0.25, -0.2) is 9.59 Å². The average Bonchev–Trinajstić information content (AvgIpc) is 2.89. The molecule has 1 heterocycles. The zero-order valence-electron chi connectivity index (χ0n) is 11.9. The minimum Gasteiger partial charge on any atom is -0.475 e. The molecule has 0 bridgehead atoms. The van der Waals surface area contributed by atoms with Crippen LogP contribution in [0, 0.1) is 11.3 Å². The highest BCUT2D eigenvalue weighted by atomic mass is 16.5. The molecule has 8 nitrogen and oxygen atoms in total. The van der Waals surface area contributed by atoms with Crippen LogP contribution < -0.4 is 5.73 Å². The number of nitrogens with zero attached hydrogens (tertiary/aromatic N) is 2. The highest BCUT2D eigenvalue weighted by Gasteiger charge is 2.25. The first kappa shape index (κ1) is 15.8. The number of nitrogens with two attached hydrogens (primary N) is 1. The number of nitrogen functional groups attached to an aromatic ring is 1. The van der Waals surface area contributed by atoms with E-state index in [2.05, 4.69) is 4.74 Å². The lowest BCUT2D eigenvalue weighted by atomic mass is 10.1. The van der Waals surface area contributed by atoms with E-state index >= 15 is 0 Å². The van der Waals surface area contributed by atoms with Crippen molar-refractivity contribution in [3.8, 4) is 11.8 Å². The fraction of sp³-hybridized carbons (Fsp3) is 0.0667. The summed E-state index contributed by atoms with van der Waals surface area (Å²) >= 11 is 0. The zero-order chi connectivity index (χ0) is 17.1. The monoisotopic (exact) mass is 313 g/mol. The summed E-state index contributed by atoms with van der Waals surface area (Å²) < 4.78 is 5.81. The Morgan fingerprint density at radius 1 is 1.30 bits per heavy atom. The molecular formula is C15H11N3O5. The SMILES string of the molecule is COC(=O)c1c(N)c(C#N)cn1-c1ccccc1C(=O)C(=O)O. The minimum atomic E-state index is -1.64. The number of rotatable bonds is 4. The molecule has 0 aliphatic carbocycles. The second-order valence-corrected chi connectivity index (χ2v) is 4.43. The van der Waals surface area contributed by atoms with E-state index < -0.39 is 17.7 Å². The van der Waals surface area contributed by atoms with Crippen molar-refractivity contribution < 1.29 is 24.2 Å². The van der Waals surface area contributed by atoms with Gasteiger partial charge in [-0.2, -0.15) is 5.26 Å². The van der Waals surface area contributed by atoms with Crippen molar-refractivity contribution >= 4 is 23.4 Å². The maximum absolute atomic E-state index is 11.9. The van der Waals surface area contributed by atoms with Crippen molar-refractivity contribution in [3.63, 3.8) is 0 Å². The van der Waals surface area contributed by atoms with Gasteiger partial charge < -0.3 is 20.1 Å². The number of nitriles is 1. The maximum Gasteiger partial charge on any atom is 0.377 e. The van der Waals surface area contributed by atoms with E-state index in [9.17, 15) is 14.4 Å². The Morgan fingerprint density at radius 3 is 2.52 bits per heavy atom. The van der Waals surface area contributed by atoms with E-state index in [4.69, 9.17) is 16.1 Å². The van der Waals surface area contributed by atoms with Gasteiger partial charge in [-0.05, 0) is 12.1 Å². The van der Waals surface area contributed by atoms with E-state index in [0.717, 1.165) is 7.11 Å². The van der Waals surface area contributed by atoms with Gasteiger partial charge in [0, 0.05) is 6.20 Å². The van der Waals surface area contributed by atoms with Crippen LogP contribution in [0.5, 0.6) is 0 Å². The first-order valence-electron chi connectivity index (χ1n) is 6.28. The number of aromatic nitrogens is 1. The zero-order valence-corrected chi connectivity index (χ0v) is 11.9. The predicted octanol–water partition coefficient (Wildman–Crippen LogP) is 0.985. The quantitative estimate of drug-likeness (QED) is 0.488. The number of benzene rings is 1. The highest BCUT2D eigenvalue weighted by Crippen LogP contribution is 2.26. The van der Waals surface area contributed by atoms with Crippen LogP contribution in [0.3, 0.4) is 0 Å². The first-order chi connectivity index (χ1) is 10.9. The Hall–Kier alpha value is -3.60. The number of para-hydroxylation sites is 1. The molecule has 0 fully saturated rings. The van der Waals surface area contributed by atoms with Crippen LogP contribution in [0.25, 0.3) is 5.69 Å². The molecule has 0 saturated heterocycles. The molecule has 2 aromatic rings. The Morgan fingerprint density at radius 2 is 1.96 bits per heavy atom. The molecular weight excluding hydrogens is 302 g/mol. The summed E-state index contributed by atoms with van der Waals surface area (Å²) in [6.45, 7) is 0. The molecule has 3 N–H and O–H groups in total. The highest BCUT2D eigenvalue weighted by molar-refractivity contribution is 6.40. The number of aliphatic carboxylic acids is 1. The molecule has 0 atom stereocenters. The van der Waals surface area contributed by atoms with E-state index in [0.29, 0.717) is 0 Å². The van der Waals surface area contributed by atoms with Crippen molar-refractivity contribution in [3.05, 3.63) is 47.3 Å². The number of hydrogen-bond acceptors (Lipinski definition) is 6. The van der Waals surface area contributed by atoms with Crippen LogP contribution in [0.1, 0.15) is 26.4 Å². The summed E-state index contributed by atoms with van der Waals surface area (Å²) in [5.74, 6) is -3.61. The van der Waals surface area contributed by atoms with Crippen LogP contribution in [0.4, 0.5) is 5.69 Å². The number of Topliss-reactive ketones (excluding diaryl/α,β-unsaturated/α-hetero) is 1. The molecule has 0 radical (unpaired) electrons. The van der Waals surface area contributed by atoms with Gasteiger partial charge in [0.1, 0.15) is 6.07 Å². The number of carbonyl (C=O) groups excluding carboxylic acids is 2. The number of carboxylic acid groups (broad SMARTS) is 1. The van der Waals surface area contributed by atoms with Crippen molar-refractivity contribution in [1.29, 1.82) is 5.26 Å². The van der Waals surface area contributed by atoms with Crippen molar-refractivity contribution in [2.24, 2.45) is 0 Å². The molecule has 0 spiro atoms. The van der Waals surface area contributed by atoms with Gasteiger partial charge in [0.2, 0.25) is 0 Å². The molecule has 0 aliphatic heterocycles. The third-order valence-electron chi connectivity index (χ3n) is 3.15. The predicted molar refractivity (Wildman–Crippen MR) is 78.2 cm³/mol. The maximum atomic E-state index is 11.9. The summed E-state index contributed by atoms with van der Waals surface area (Å²) in [6.07, 6.45) is 1.25. The Bertz CT molecular complexity index is 860. The Kier molecular flexibility index (Phi) is 4.14. The number of carboxylic acids is 1. The van der Waals surface area contributed by atoms with Crippen molar-refractivity contribution in [2.75, 3.05) is 12.8 Å². The van der Waals surface area contributed by atoms with Crippen LogP contribution in [-0.2, 0) is 9.53 Å². The van der Waals surface area contributed by atoms with E-state index in [1.165, 1.54) is 29.0 Å². The van der Waals surface area contributed by atoms with Crippen LogP contribution >= 0.6 is 0 Å². The standard InChI is InChI=1S/C15H11N3O5/c1-23-15(22)12-11(17)8(6-16)7-18(12)10-5-3-2-4-9(10)13(19)14(20)21/h2-5,7H,17H2,1H3,(H,20,21). The molecule has 0 saturated carbocycles. The molecule has 1 aromatic carbocycles. The summed E-state index contributed by atoms with van der Waals surface area (Å²) in [6, 6.07) is 7.59. The number of anilines is 1. The average molecular weight is 313 g/mol. The molecule has 8 heteroatoms. The molecule has 2 rings (SSSR count). The summed E-state index contributed by atoms with van der Waals surface area (Å²) in [5.41, 5.74) is 5.46. The van der Waals surface area contributed by atoms with Gasteiger partial charge in [0.15, 0.2) is 5.69 Å². The van der Waals surface area contributed by atoms with E-state index in [1.807, 2.05) is 6.07 Å². The molecule has 1 aromatic heterocycles. The topological polar surface area (TPSA) is 135 Å². The van der Waals surface area contributed by atoms with E-state index in [1.54, 1.807) is 6.07 Å². The summed E-state index contributed by atoms with van der Waals surface area (Å²) in [7, 11) is 1.14. The lowest BCUT2D eigenvalue weighted by molar-refractivity contribution is -0.131. The third kappa shape index (κ3) is 2.63. The number of esters is 1. The lowest BCUT2D eigenvalue weighted by Gasteiger charge is -2.11. The van der Waals surface area contributed by atoms with Gasteiger partial charge in [-0.3, -0.25) is 4.79 Å². The minimum absolute atomic E-state index is 0.00276. The van der Waals surface area contributed by atoms with Crippen molar-refractivity contribution in [1.82, 2.24) is 4.57 Å². The van der Waals surface area contributed by atoms with Gasteiger partial charge in [-0.1, -0.05) is 12.1 Å². The van der Waals surface area contributed by atoms with Gasteiger partial charge in [0.05, 0.1) is 29.6 Å². The molecule has 116 valence electrons. The van der Waals surface area contributed by atoms with E-state index in [-0.39, 0.29) is 28.2 Å². The Balaban J connectivity index is 2.79. The number of hydrogen-bond donors (Lipinski definition) is 2. The Labute approximate surface area is 130 Å². The molecule has 0 amide bonds. The smallest absolute Gasteiger partial charge is 0.377 e. The summed E-state index contributed by atoms with van der Waals surface area (Å²) in [5, 5.41) is 18.0. The lowest BCUT2D eigenvalue weighted by Crippen LogP contribution is -2.17. The number of ether oxygens (including phenoxy) is 1. The normalized spacial score (nSPS) is 9.91. The molecule has 23 heavy (non-hydrogen) atoms. The van der Waals surface area contributed by atoms with Crippen LogP contribution in [-0.4, -0.2) is 34.5 Å². The molecule has 0 aliphatic rings. The second kappa shape index (κ2) is 6.03. The second-order valence-electron chi connectivity index (χ2n) is 4.43. The third-order valence-corrected chi connectivity index (χ3v) is 3.15. The van der Waals surface area contributed by atoms with Gasteiger partial charge in [0.25, 0.3) is 5.78 Å². The van der Waals surface area contributed by atoms with Crippen LogP contribution in [0.2, 0.25) is 0 Å². The number of methoxy groups -OCH3 is 1. The fourth-order valence-electron chi connectivity index (χ4n) is 2.10. The number of carbonyl (C=O) groups is 3. The number of ketones is 1. The molecule has 0 unspecified atom stereocenters. The van der Waals surface area contributed by atoms with Gasteiger partial charge >= 0.3 is 11.9 Å². The first-order valence-corrected chi connectivity index (χ1v) is 6.28. The van der Waals surface area contributed by atoms with Crippen LogP contribution in [0.15, 0.2) is 30.5 Å². The largest absolute Gasteiger partial charge is 0.475 e. The summed E-state index contributed by atoms with van der Waals surface area (Å²) in [4.78, 5) is 34.7. The van der Waals surface area contributed by atoms with Crippen molar-refractivity contribution in [2.45, 2.75) is 0 Å². The van der Waals surface area contributed by atoms with Gasteiger partial charge in [-0.15, -0.1) is 0 Å². The fourth-order valence-corrected chi connectivity index (χ4v) is 2.10.